The molecule has 7 nitrogen and oxygen atoms in total. The lowest BCUT2D eigenvalue weighted by atomic mass is 9.95. The van der Waals surface area contributed by atoms with Gasteiger partial charge in [-0.3, -0.25) is 4.79 Å². The van der Waals surface area contributed by atoms with Crippen LogP contribution in [0, 0.1) is 5.92 Å². The van der Waals surface area contributed by atoms with Crippen molar-refractivity contribution in [2.24, 2.45) is 5.92 Å². The number of halogens is 1. The van der Waals surface area contributed by atoms with Crippen LogP contribution in [0.2, 0.25) is 5.02 Å². The molecule has 2 aromatic carbocycles. The van der Waals surface area contributed by atoms with Crippen LogP contribution < -0.4 is 29.6 Å². The number of benzene rings is 2. The van der Waals surface area contributed by atoms with Crippen molar-refractivity contribution in [2.75, 3.05) is 31.9 Å². The second kappa shape index (κ2) is 10.6. The maximum absolute atomic E-state index is 12.6. The molecule has 168 valence electrons. The predicted molar refractivity (Wildman–Crippen MR) is 121 cm³/mol. The molecule has 0 saturated carbocycles. The Balaban J connectivity index is 1.68. The highest BCUT2D eigenvalue weighted by Gasteiger charge is 2.21. The average molecular weight is 449 g/mol. The van der Waals surface area contributed by atoms with Crippen LogP contribution in [-0.2, 0) is 4.79 Å². The number of carbonyl (C=O) groups excluding carboxylic acids is 1. The molecule has 0 bridgehead atoms. The summed E-state index contributed by atoms with van der Waals surface area (Å²) in [4.78, 5) is 12.6. The van der Waals surface area contributed by atoms with E-state index in [9.17, 15) is 4.79 Å². The molecule has 3 rings (SSSR count). The first-order valence-electron chi connectivity index (χ1n) is 10.4. The molecule has 1 amide bonds. The van der Waals surface area contributed by atoms with Gasteiger partial charge in [0.25, 0.3) is 0 Å². The van der Waals surface area contributed by atoms with Gasteiger partial charge in [0.2, 0.25) is 12.7 Å². The number of amides is 1. The zero-order valence-electron chi connectivity index (χ0n) is 18.3. The van der Waals surface area contributed by atoms with Crippen molar-refractivity contribution in [1.29, 1.82) is 0 Å². The number of rotatable bonds is 10. The highest BCUT2D eigenvalue weighted by Crippen LogP contribution is 2.39. The predicted octanol–water partition coefficient (Wildman–Crippen LogP) is 4.79. The molecule has 1 unspecified atom stereocenters. The van der Waals surface area contributed by atoms with Crippen LogP contribution in [0.15, 0.2) is 30.3 Å². The first kappa shape index (κ1) is 23.0. The van der Waals surface area contributed by atoms with E-state index in [1.54, 1.807) is 12.1 Å². The molecule has 2 aromatic rings. The summed E-state index contributed by atoms with van der Waals surface area (Å²) in [6.45, 7) is 9.44. The molecule has 0 aromatic heterocycles. The SMILES string of the molecule is CCOc1ccc(C(NCC(=O)Nc2cc3c(cc2Cl)OCO3)C(C)C)cc1OCC. The highest BCUT2D eigenvalue weighted by atomic mass is 35.5. The van der Waals surface area contributed by atoms with Crippen molar-refractivity contribution >= 4 is 23.2 Å². The Labute approximate surface area is 188 Å². The Hall–Kier alpha value is -2.64. The fourth-order valence-corrected chi connectivity index (χ4v) is 3.61. The lowest BCUT2D eigenvalue weighted by Gasteiger charge is -2.24. The Kier molecular flexibility index (Phi) is 7.87. The molecular weight excluding hydrogens is 420 g/mol. The molecule has 0 aliphatic carbocycles. The minimum Gasteiger partial charge on any atom is -0.490 e. The van der Waals surface area contributed by atoms with Crippen LogP contribution in [0.1, 0.15) is 39.3 Å². The van der Waals surface area contributed by atoms with Crippen molar-refractivity contribution in [3.63, 3.8) is 0 Å². The van der Waals surface area contributed by atoms with E-state index in [0.29, 0.717) is 46.9 Å². The molecule has 0 radical (unpaired) electrons. The number of carbonyl (C=O) groups is 1. The zero-order valence-corrected chi connectivity index (χ0v) is 19.0. The van der Waals surface area contributed by atoms with Gasteiger partial charge in [-0.2, -0.15) is 0 Å². The van der Waals surface area contributed by atoms with Crippen LogP contribution in [0.5, 0.6) is 23.0 Å². The normalized spacial score (nSPS) is 13.2. The summed E-state index contributed by atoms with van der Waals surface area (Å²) >= 11 is 6.25. The summed E-state index contributed by atoms with van der Waals surface area (Å²) in [5.41, 5.74) is 1.51. The lowest BCUT2D eigenvalue weighted by molar-refractivity contribution is -0.115. The highest BCUT2D eigenvalue weighted by molar-refractivity contribution is 6.34. The van der Waals surface area contributed by atoms with E-state index in [1.165, 1.54) is 0 Å². The van der Waals surface area contributed by atoms with E-state index < -0.39 is 0 Å². The average Bonchev–Trinajstić information content (AvgIpc) is 3.17. The van der Waals surface area contributed by atoms with Crippen molar-refractivity contribution in [3.05, 3.63) is 40.9 Å². The maximum atomic E-state index is 12.6. The molecule has 8 heteroatoms. The van der Waals surface area contributed by atoms with Gasteiger partial charge < -0.3 is 29.6 Å². The summed E-state index contributed by atoms with van der Waals surface area (Å²) in [6, 6.07) is 9.14. The van der Waals surface area contributed by atoms with Gasteiger partial charge in [-0.05, 0) is 37.5 Å². The standard InChI is InChI=1S/C23H29ClN2O5/c1-5-28-18-8-7-15(9-19(18)29-6-2)23(14(3)4)25-12-22(27)26-17-11-21-20(10-16(17)24)30-13-31-21/h7-11,14,23,25H,5-6,12-13H2,1-4H3,(H,26,27). The topological polar surface area (TPSA) is 78.1 Å². The van der Waals surface area contributed by atoms with Gasteiger partial charge in [0.1, 0.15) is 0 Å². The van der Waals surface area contributed by atoms with E-state index in [0.717, 1.165) is 5.56 Å². The van der Waals surface area contributed by atoms with Crippen LogP contribution in [0.25, 0.3) is 0 Å². The Morgan fingerprint density at radius 2 is 1.74 bits per heavy atom. The summed E-state index contributed by atoms with van der Waals surface area (Å²) < 4.78 is 22.0. The summed E-state index contributed by atoms with van der Waals surface area (Å²) in [5.74, 6) is 2.58. The van der Waals surface area contributed by atoms with Gasteiger partial charge >= 0.3 is 0 Å². The molecule has 0 fully saturated rings. The van der Waals surface area contributed by atoms with Gasteiger partial charge in [-0.15, -0.1) is 0 Å². The number of nitrogens with one attached hydrogen (secondary N) is 2. The van der Waals surface area contributed by atoms with Gasteiger partial charge in [-0.25, -0.2) is 0 Å². The van der Waals surface area contributed by atoms with Crippen molar-refractivity contribution in [3.8, 4) is 23.0 Å². The van der Waals surface area contributed by atoms with Gasteiger partial charge in [0, 0.05) is 18.2 Å². The van der Waals surface area contributed by atoms with E-state index in [2.05, 4.69) is 24.5 Å². The molecule has 0 spiro atoms. The molecule has 1 aliphatic rings. The van der Waals surface area contributed by atoms with Gasteiger partial charge in [0.05, 0.1) is 30.5 Å². The van der Waals surface area contributed by atoms with Crippen molar-refractivity contribution in [1.82, 2.24) is 5.32 Å². The fourth-order valence-electron chi connectivity index (χ4n) is 3.41. The minimum atomic E-state index is -0.206. The lowest BCUT2D eigenvalue weighted by Crippen LogP contribution is -2.33. The second-order valence-electron chi connectivity index (χ2n) is 7.41. The third-order valence-electron chi connectivity index (χ3n) is 4.81. The molecule has 31 heavy (non-hydrogen) atoms. The molecule has 0 saturated heterocycles. The largest absolute Gasteiger partial charge is 0.490 e. The van der Waals surface area contributed by atoms with E-state index in [-0.39, 0.29) is 31.2 Å². The summed E-state index contributed by atoms with van der Waals surface area (Å²) in [6.07, 6.45) is 0. The molecule has 2 N–H and O–H groups in total. The maximum Gasteiger partial charge on any atom is 0.238 e. The van der Waals surface area contributed by atoms with Gasteiger partial charge in [-0.1, -0.05) is 31.5 Å². The number of hydrogen-bond donors (Lipinski definition) is 2. The molecule has 1 atom stereocenters. The van der Waals surface area contributed by atoms with Crippen LogP contribution >= 0.6 is 11.6 Å². The van der Waals surface area contributed by atoms with Gasteiger partial charge in [0.15, 0.2) is 23.0 Å². The molecular formula is C23H29ClN2O5. The molecule has 1 aliphatic heterocycles. The van der Waals surface area contributed by atoms with E-state index in [1.807, 2.05) is 32.0 Å². The first-order valence-corrected chi connectivity index (χ1v) is 10.8. The monoisotopic (exact) mass is 448 g/mol. The first-order chi connectivity index (χ1) is 14.9. The molecule has 1 heterocycles. The van der Waals surface area contributed by atoms with Crippen LogP contribution in [0.3, 0.4) is 0 Å². The number of fused-ring (bicyclic) bond motifs is 1. The van der Waals surface area contributed by atoms with Crippen molar-refractivity contribution in [2.45, 2.75) is 33.7 Å². The Bertz CT molecular complexity index is 919. The number of ether oxygens (including phenoxy) is 4. The number of anilines is 1. The van der Waals surface area contributed by atoms with Crippen LogP contribution in [-0.4, -0.2) is 32.5 Å². The quantitative estimate of drug-likeness (QED) is 0.544. The second-order valence-corrected chi connectivity index (χ2v) is 7.82. The summed E-state index contributed by atoms with van der Waals surface area (Å²) in [5, 5.41) is 6.56. The number of hydrogen-bond acceptors (Lipinski definition) is 6. The smallest absolute Gasteiger partial charge is 0.238 e. The van der Waals surface area contributed by atoms with E-state index >= 15 is 0 Å². The fraction of sp³-hybridized carbons (Fsp3) is 0.435. The third-order valence-corrected chi connectivity index (χ3v) is 5.12. The third kappa shape index (κ3) is 5.74. The minimum absolute atomic E-state index is 0.0483. The van der Waals surface area contributed by atoms with Crippen LogP contribution in [0.4, 0.5) is 5.69 Å². The van der Waals surface area contributed by atoms with Crippen molar-refractivity contribution < 1.29 is 23.7 Å². The zero-order chi connectivity index (χ0) is 22.4. The Morgan fingerprint density at radius 1 is 1.06 bits per heavy atom. The Morgan fingerprint density at radius 3 is 2.42 bits per heavy atom. The van der Waals surface area contributed by atoms with E-state index in [4.69, 9.17) is 30.5 Å². The summed E-state index contributed by atoms with van der Waals surface area (Å²) in [7, 11) is 0.